The lowest BCUT2D eigenvalue weighted by molar-refractivity contribution is -0.122. The van der Waals surface area contributed by atoms with Crippen molar-refractivity contribution >= 4 is 27.5 Å². The Kier molecular flexibility index (Phi) is 6.28. The lowest BCUT2D eigenvalue weighted by Gasteiger charge is -2.19. The fourth-order valence-corrected chi connectivity index (χ4v) is 2.02. The van der Waals surface area contributed by atoms with Crippen LogP contribution >= 0.6 is 15.9 Å². The van der Waals surface area contributed by atoms with Crippen molar-refractivity contribution < 1.29 is 9.18 Å². The lowest BCUT2D eigenvalue weighted by Crippen LogP contribution is -2.42. The molecule has 0 spiro atoms. The Morgan fingerprint density at radius 3 is 2.68 bits per heavy atom. The third kappa shape index (κ3) is 5.19. The third-order valence-electron chi connectivity index (χ3n) is 2.81. The van der Waals surface area contributed by atoms with Crippen LogP contribution in [0.15, 0.2) is 22.7 Å². The predicted octanol–water partition coefficient (Wildman–Crippen LogP) is 3.69. The van der Waals surface area contributed by atoms with Crippen LogP contribution in [0.3, 0.4) is 0 Å². The van der Waals surface area contributed by atoms with Crippen molar-refractivity contribution in [1.29, 1.82) is 0 Å². The van der Waals surface area contributed by atoms with Crippen LogP contribution in [0.4, 0.5) is 10.1 Å². The maximum atomic E-state index is 13.4. The molecule has 0 heterocycles. The second-order valence-corrected chi connectivity index (χ2v) is 5.55. The van der Waals surface area contributed by atoms with Crippen molar-refractivity contribution in [3.63, 3.8) is 0 Å². The number of carbonyl (C=O) groups is 1. The highest BCUT2D eigenvalue weighted by molar-refractivity contribution is 9.10. The Morgan fingerprint density at radius 2 is 2.11 bits per heavy atom. The van der Waals surface area contributed by atoms with E-state index in [1.807, 2.05) is 6.92 Å². The topological polar surface area (TPSA) is 41.1 Å². The van der Waals surface area contributed by atoms with Gasteiger partial charge in [-0.3, -0.25) is 4.79 Å². The molecule has 0 aliphatic heterocycles. The van der Waals surface area contributed by atoms with Crippen LogP contribution in [0.2, 0.25) is 0 Å². The van der Waals surface area contributed by atoms with Crippen LogP contribution in [0.25, 0.3) is 0 Å². The highest BCUT2D eigenvalue weighted by Gasteiger charge is 2.15. The molecule has 2 N–H and O–H groups in total. The molecule has 1 aromatic carbocycles. The largest absolute Gasteiger partial charge is 0.374 e. The number of amides is 1. The molecule has 0 fully saturated rings. The van der Waals surface area contributed by atoms with Gasteiger partial charge in [-0.15, -0.1) is 0 Å². The molecule has 0 radical (unpaired) electrons. The Bertz CT molecular complexity index is 439. The molecule has 0 saturated carbocycles. The first kappa shape index (κ1) is 16.0. The van der Waals surface area contributed by atoms with Crippen LogP contribution in [-0.4, -0.2) is 18.0 Å². The summed E-state index contributed by atoms with van der Waals surface area (Å²) in [5, 5.41) is 5.91. The maximum absolute atomic E-state index is 13.4. The standard InChI is InChI=1S/C14H20BrFN2O/c1-4-5-9(2)17-14(19)10(3)18-11-6-7-12(15)13(16)8-11/h6-10,18H,4-5H2,1-3H3,(H,17,19). The van der Waals surface area contributed by atoms with Crippen molar-refractivity contribution in [3.05, 3.63) is 28.5 Å². The van der Waals surface area contributed by atoms with Gasteiger partial charge in [-0.1, -0.05) is 13.3 Å². The summed E-state index contributed by atoms with van der Waals surface area (Å²) in [6.07, 6.45) is 1.98. The second kappa shape index (κ2) is 7.48. The van der Waals surface area contributed by atoms with E-state index in [1.165, 1.54) is 6.07 Å². The summed E-state index contributed by atoms with van der Waals surface area (Å²) >= 11 is 3.09. The predicted molar refractivity (Wildman–Crippen MR) is 79.7 cm³/mol. The molecule has 3 nitrogen and oxygen atoms in total. The molecule has 2 atom stereocenters. The van der Waals surface area contributed by atoms with Gasteiger partial charge in [-0.25, -0.2) is 4.39 Å². The monoisotopic (exact) mass is 330 g/mol. The molecular formula is C14H20BrFN2O. The quantitative estimate of drug-likeness (QED) is 0.835. The molecule has 5 heteroatoms. The van der Waals surface area contributed by atoms with E-state index < -0.39 is 6.04 Å². The van der Waals surface area contributed by atoms with E-state index in [-0.39, 0.29) is 17.8 Å². The normalized spacial score (nSPS) is 13.7. The van der Waals surface area contributed by atoms with Crippen molar-refractivity contribution in [1.82, 2.24) is 5.32 Å². The molecule has 0 aromatic heterocycles. The van der Waals surface area contributed by atoms with Crippen LogP contribution in [0.5, 0.6) is 0 Å². The third-order valence-corrected chi connectivity index (χ3v) is 3.45. The fourth-order valence-electron chi connectivity index (χ4n) is 1.77. The first-order chi connectivity index (χ1) is 8.93. The zero-order valence-corrected chi connectivity index (χ0v) is 13.1. The van der Waals surface area contributed by atoms with Gasteiger partial charge in [-0.05, 0) is 54.4 Å². The number of halogens is 2. The Labute approximate surface area is 122 Å². The van der Waals surface area contributed by atoms with E-state index in [9.17, 15) is 9.18 Å². The van der Waals surface area contributed by atoms with Gasteiger partial charge < -0.3 is 10.6 Å². The summed E-state index contributed by atoms with van der Waals surface area (Å²) < 4.78 is 13.8. The van der Waals surface area contributed by atoms with Gasteiger partial charge >= 0.3 is 0 Å². The summed E-state index contributed by atoms with van der Waals surface area (Å²) in [6, 6.07) is 4.46. The SMILES string of the molecule is CCCC(C)NC(=O)C(C)Nc1ccc(Br)c(F)c1. The Hall–Kier alpha value is -1.10. The summed E-state index contributed by atoms with van der Waals surface area (Å²) in [5.41, 5.74) is 0.589. The van der Waals surface area contributed by atoms with Crippen LogP contribution in [0.1, 0.15) is 33.6 Å². The number of benzene rings is 1. The Morgan fingerprint density at radius 1 is 1.42 bits per heavy atom. The molecule has 1 amide bonds. The summed E-state index contributed by atoms with van der Waals surface area (Å²) in [5.74, 6) is -0.429. The minimum atomic E-state index is -0.403. The van der Waals surface area contributed by atoms with E-state index in [1.54, 1.807) is 19.1 Å². The molecule has 19 heavy (non-hydrogen) atoms. The highest BCUT2D eigenvalue weighted by atomic mass is 79.9. The molecule has 2 unspecified atom stereocenters. The summed E-state index contributed by atoms with van der Waals surface area (Å²) in [6.45, 7) is 5.82. The molecule has 106 valence electrons. The number of nitrogens with one attached hydrogen (secondary N) is 2. The van der Waals surface area contributed by atoms with E-state index in [2.05, 4.69) is 33.5 Å². The first-order valence-corrected chi connectivity index (χ1v) is 7.25. The molecule has 0 aliphatic carbocycles. The van der Waals surface area contributed by atoms with E-state index in [0.29, 0.717) is 10.2 Å². The van der Waals surface area contributed by atoms with Crippen molar-refractivity contribution in [2.75, 3.05) is 5.32 Å². The van der Waals surface area contributed by atoms with Gasteiger partial charge in [0.1, 0.15) is 11.9 Å². The van der Waals surface area contributed by atoms with E-state index in [4.69, 9.17) is 0 Å². The van der Waals surface area contributed by atoms with Gasteiger partial charge in [0.2, 0.25) is 5.91 Å². The maximum Gasteiger partial charge on any atom is 0.242 e. The Balaban J connectivity index is 2.56. The van der Waals surface area contributed by atoms with E-state index >= 15 is 0 Å². The van der Waals surface area contributed by atoms with Crippen molar-refractivity contribution in [3.8, 4) is 0 Å². The number of hydrogen-bond donors (Lipinski definition) is 2. The lowest BCUT2D eigenvalue weighted by atomic mass is 10.2. The van der Waals surface area contributed by atoms with Gasteiger partial charge in [0, 0.05) is 11.7 Å². The van der Waals surface area contributed by atoms with E-state index in [0.717, 1.165) is 12.8 Å². The second-order valence-electron chi connectivity index (χ2n) is 4.69. The van der Waals surface area contributed by atoms with Gasteiger partial charge in [0.25, 0.3) is 0 Å². The average molecular weight is 331 g/mol. The zero-order chi connectivity index (χ0) is 14.4. The van der Waals surface area contributed by atoms with Crippen molar-refractivity contribution in [2.24, 2.45) is 0 Å². The number of anilines is 1. The molecule has 0 saturated heterocycles. The molecule has 0 aliphatic rings. The van der Waals surface area contributed by atoms with Gasteiger partial charge in [-0.2, -0.15) is 0 Å². The van der Waals surface area contributed by atoms with Gasteiger partial charge in [0.15, 0.2) is 0 Å². The number of hydrogen-bond acceptors (Lipinski definition) is 2. The molecular weight excluding hydrogens is 311 g/mol. The minimum absolute atomic E-state index is 0.0794. The van der Waals surface area contributed by atoms with Crippen LogP contribution in [0, 0.1) is 5.82 Å². The fraction of sp³-hybridized carbons (Fsp3) is 0.500. The van der Waals surface area contributed by atoms with Crippen molar-refractivity contribution in [2.45, 2.75) is 45.7 Å². The zero-order valence-electron chi connectivity index (χ0n) is 11.5. The number of rotatable bonds is 6. The molecule has 1 rings (SSSR count). The molecule has 1 aromatic rings. The van der Waals surface area contributed by atoms with Crippen LogP contribution in [-0.2, 0) is 4.79 Å². The summed E-state index contributed by atoms with van der Waals surface area (Å²) in [4.78, 5) is 11.9. The molecule has 0 bridgehead atoms. The average Bonchev–Trinajstić information content (AvgIpc) is 2.34. The van der Waals surface area contributed by atoms with Crippen LogP contribution < -0.4 is 10.6 Å². The minimum Gasteiger partial charge on any atom is -0.374 e. The van der Waals surface area contributed by atoms with Gasteiger partial charge in [0.05, 0.1) is 4.47 Å². The first-order valence-electron chi connectivity index (χ1n) is 6.46. The number of carbonyl (C=O) groups excluding carboxylic acids is 1. The smallest absolute Gasteiger partial charge is 0.242 e. The summed E-state index contributed by atoms with van der Waals surface area (Å²) in [7, 11) is 0. The highest BCUT2D eigenvalue weighted by Crippen LogP contribution is 2.19.